The van der Waals surface area contributed by atoms with E-state index in [0.29, 0.717) is 17.0 Å². The third-order valence-electron chi connectivity index (χ3n) is 3.55. The van der Waals surface area contributed by atoms with Crippen LogP contribution in [0.3, 0.4) is 0 Å². The minimum atomic E-state index is -4.54. The lowest BCUT2D eigenvalue weighted by molar-refractivity contribution is -0.137. The van der Waals surface area contributed by atoms with Gasteiger partial charge in [-0.25, -0.2) is 0 Å². The molecule has 142 valence electrons. The molecule has 1 atom stereocenters. The number of hydrogen-bond acceptors (Lipinski definition) is 3. The molecule has 27 heavy (non-hydrogen) atoms. The van der Waals surface area contributed by atoms with Gasteiger partial charge in [0, 0.05) is 12.1 Å². The van der Waals surface area contributed by atoms with Crippen molar-refractivity contribution in [2.75, 3.05) is 10.6 Å². The van der Waals surface area contributed by atoms with Crippen LogP contribution in [0.15, 0.2) is 48.5 Å². The zero-order chi connectivity index (χ0) is 20.0. The zero-order valence-corrected chi connectivity index (χ0v) is 15.3. The Bertz CT molecular complexity index is 858. The lowest BCUT2D eigenvalue weighted by Gasteiger charge is -2.18. The number of carbonyl (C=O) groups excluding carboxylic acids is 2. The van der Waals surface area contributed by atoms with Crippen LogP contribution in [0.1, 0.15) is 12.0 Å². The van der Waals surface area contributed by atoms with Gasteiger partial charge in [-0.15, -0.1) is 0 Å². The molecule has 1 amide bonds. The summed E-state index contributed by atoms with van der Waals surface area (Å²) in [4.78, 5) is 23.4. The first kappa shape index (κ1) is 20.9. The van der Waals surface area contributed by atoms with Gasteiger partial charge in [-0.2, -0.15) is 13.2 Å². The highest BCUT2D eigenvalue weighted by Crippen LogP contribution is 2.31. The number of benzene rings is 2. The summed E-state index contributed by atoms with van der Waals surface area (Å²) in [5.74, 6) is -1.77. The zero-order valence-electron chi connectivity index (χ0n) is 13.7. The molecule has 0 heterocycles. The molecular weight excluding hydrogens is 401 g/mol. The summed E-state index contributed by atoms with van der Waals surface area (Å²) in [6, 6.07) is 10.8. The van der Waals surface area contributed by atoms with E-state index >= 15 is 0 Å². The summed E-state index contributed by atoms with van der Waals surface area (Å²) in [7, 11) is 0. The predicted molar refractivity (Wildman–Crippen MR) is 102 cm³/mol. The van der Waals surface area contributed by atoms with Crippen LogP contribution in [-0.2, 0) is 15.8 Å². The van der Waals surface area contributed by atoms with Crippen molar-refractivity contribution in [2.45, 2.75) is 12.6 Å². The Labute approximate surface area is 163 Å². The maximum absolute atomic E-state index is 12.8. The molecule has 0 radical (unpaired) electrons. The van der Waals surface area contributed by atoms with Crippen molar-refractivity contribution in [3.63, 3.8) is 0 Å². The van der Waals surface area contributed by atoms with E-state index in [0.717, 1.165) is 12.1 Å². The van der Waals surface area contributed by atoms with E-state index in [1.54, 1.807) is 24.3 Å². The number of amides is 1. The van der Waals surface area contributed by atoms with Gasteiger partial charge in [0.15, 0.2) is 0 Å². The largest absolute Gasteiger partial charge is 0.416 e. The third kappa shape index (κ3) is 5.77. The second-order valence-corrected chi connectivity index (χ2v) is 6.34. The molecule has 2 N–H and O–H groups in total. The van der Waals surface area contributed by atoms with Crippen LogP contribution in [0.4, 0.5) is 24.5 Å². The fourth-order valence-electron chi connectivity index (χ4n) is 2.21. The molecule has 0 aliphatic carbocycles. The number of halogens is 4. The summed E-state index contributed by atoms with van der Waals surface area (Å²) >= 11 is 11.2. The highest BCUT2D eigenvalue weighted by molar-refractivity contribution is 7.80. The molecule has 0 fully saturated rings. The number of aldehydes is 1. The standard InChI is InChI=1S/C18H14ClF3N2O2S/c19-14-6-1-2-7-15(14)24-17(27)13(8-9-25)16(26)23-12-5-3-4-11(10-12)18(20,21)22/h1-7,9-10,13H,8H2,(H,23,26)(H,24,27). The summed E-state index contributed by atoms with van der Waals surface area (Å²) in [5, 5.41) is 5.52. The van der Waals surface area contributed by atoms with Gasteiger partial charge in [0.1, 0.15) is 6.29 Å². The second kappa shape index (κ2) is 8.96. The summed E-state index contributed by atoms with van der Waals surface area (Å²) in [5.41, 5.74) is -0.498. The molecule has 0 spiro atoms. The number of alkyl halides is 3. The fraction of sp³-hybridized carbons (Fsp3) is 0.167. The van der Waals surface area contributed by atoms with Crippen LogP contribution >= 0.6 is 23.8 Å². The first-order chi connectivity index (χ1) is 12.7. The quantitative estimate of drug-likeness (QED) is 0.519. The molecule has 0 saturated carbocycles. The van der Waals surface area contributed by atoms with Crippen LogP contribution < -0.4 is 10.6 Å². The van der Waals surface area contributed by atoms with Crippen LogP contribution in [0, 0.1) is 5.92 Å². The minimum absolute atomic E-state index is 0.0275. The van der Waals surface area contributed by atoms with Crippen molar-refractivity contribution < 1.29 is 22.8 Å². The Morgan fingerprint density at radius 2 is 1.85 bits per heavy atom. The van der Waals surface area contributed by atoms with Crippen LogP contribution in [0.5, 0.6) is 0 Å². The molecule has 2 aromatic carbocycles. The van der Waals surface area contributed by atoms with Crippen molar-refractivity contribution in [1.82, 2.24) is 0 Å². The van der Waals surface area contributed by atoms with E-state index in [4.69, 9.17) is 23.8 Å². The average molecular weight is 415 g/mol. The SMILES string of the molecule is O=CCC(C(=O)Nc1cccc(C(F)(F)F)c1)C(=S)Nc1ccccc1Cl. The lowest BCUT2D eigenvalue weighted by Crippen LogP contribution is -2.33. The fourth-order valence-corrected chi connectivity index (χ4v) is 2.71. The number of nitrogens with one attached hydrogen (secondary N) is 2. The maximum Gasteiger partial charge on any atom is 0.416 e. The second-order valence-electron chi connectivity index (χ2n) is 5.49. The molecule has 0 bridgehead atoms. The molecule has 4 nitrogen and oxygen atoms in total. The Hall–Kier alpha value is -2.45. The van der Waals surface area contributed by atoms with Gasteiger partial charge in [-0.3, -0.25) is 4.79 Å². The topological polar surface area (TPSA) is 58.2 Å². The molecule has 9 heteroatoms. The normalized spacial score (nSPS) is 12.1. The Morgan fingerprint density at radius 1 is 1.15 bits per heavy atom. The van der Waals surface area contributed by atoms with Crippen molar-refractivity contribution >= 4 is 52.4 Å². The van der Waals surface area contributed by atoms with Gasteiger partial charge in [0.2, 0.25) is 5.91 Å². The molecule has 2 aromatic rings. The summed E-state index contributed by atoms with van der Waals surface area (Å²) in [6.07, 6.45) is -4.26. The average Bonchev–Trinajstić information content (AvgIpc) is 2.61. The van der Waals surface area contributed by atoms with Crippen LogP contribution in [0.25, 0.3) is 0 Å². The van der Waals surface area contributed by atoms with E-state index in [9.17, 15) is 22.8 Å². The highest BCUT2D eigenvalue weighted by Gasteiger charge is 2.31. The van der Waals surface area contributed by atoms with Gasteiger partial charge in [0.25, 0.3) is 0 Å². The Morgan fingerprint density at radius 3 is 2.48 bits per heavy atom. The first-order valence-electron chi connectivity index (χ1n) is 7.69. The first-order valence-corrected chi connectivity index (χ1v) is 8.48. The van der Waals surface area contributed by atoms with E-state index < -0.39 is 23.6 Å². The molecule has 0 aliphatic heterocycles. The van der Waals surface area contributed by atoms with Crippen LogP contribution in [-0.4, -0.2) is 17.2 Å². The number of carbonyl (C=O) groups is 2. The number of anilines is 2. The highest BCUT2D eigenvalue weighted by atomic mass is 35.5. The maximum atomic E-state index is 12.8. The van der Waals surface area contributed by atoms with E-state index in [-0.39, 0.29) is 17.1 Å². The van der Waals surface area contributed by atoms with Crippen molar-refractivity contribution in [3.8, 4) is 0 Å². The van der Waals surface area contributed by atoms with Crippen molar-refractivity contribution in [1.29, 1.82) is 0 Å². The number of para-hydroxylation sites is 1. The smallest absolute Gasteiger partial charge is 0.348 e. The minimum Gasteiger partial charge on any atom is -0.348 e. The molecule has 0 aliphatic rings. The van der Waals surface area contributed by atoms with Crippen LogP contribution in [0.2, 0.25) is 5.02 Å². The van der Waals surface area contributed by atoms with E-state index in [2.05, 4.69) is 10.6 Å². The van der Waals surface area contributed by atoms with Gasteiger partial charge in [-0.05, 0) is 30.3 Å². The van der Waals surface area contributed by atoms with Gasteiger partial charge in [-0.1, -0.05) is 42.0 Å². The van der Waals surface area contributed by atoms with E-state index in [1.165, 1.54) is 12.1 Å². The molecular formula is C18H14ClF3N2O2S. The molecule has 1 unspecified atom stereocenters. The molecule has 2 rings (SSSR count). The molecule has 0 saturated heterocycles. The molecule has 0 aromatic heterocycles. The number of hydrogen-bond donors (Lipinski definition) is 2. The van der Waals surface area contributed by atoms with Gasteiger partial charge < -0.3 is 15.4 Å². The lowest BCUT2D eigenvalue weighted by atomic mass is 10.0. The Balaban J connectivity index is 2.16. The third-order valence-corrected chi connectivity index (χ3v) is 4.27. The Kier molecular flexibility index (Phi) is 6.92. The van der Waals surface area contributed by atoms with Crippen molar-refractivity contribution in [3.05, 3.63) is 59.1 Å². The summed E-state index contributed by atoms with van der Waals surface area (Å²) < 4.78 is 38.4. The number of rotatable bonds is 6. The van der Waals surface area contributed by atoms with E-state index in [1.807, 2.05) is 0 Å². The predicted octanol–water partition coefficient (Wildman–Crippen LogP) is 4.94. The summed E-state index contributed by atoms with van der Waals surface area (Å²) in [6.45, 7) is 0. The van der Waals surface area contributed by atoms with Gasteiger partial charge in [0.05, 0.1) is 27.2 Å². The van der Waals surface area contributed by atoms with Crippen molar-refractivity contribution in [2.24, 2.45) is 5.92 Å². The monoisotopic (exact) mass is 414 g/mol. The van der Waals surface area contributed by atoms with Gasteiger partial charge >= 0.3 is 6.18 Å². The number of thiocarbonyl (C=S) groups is 1.